The molecule has 0 bridgehead atoms. The standard InChI is InChI=1S/C5H12BrNO2S/c1-3-4-5-10(8,9)7(2)6/h3-5H2,1-2H3. The molecule has 0 aromatic rings. The topological polar surface area (TPSA) is 37.4 Å². The number of halogens is 1. The minimum Gasteiger partial charge on any atom is -0.211 e. The third kappa shape index (κ3) is 3.53. The summed E-state index contributed by atoms with van der Waals surface area (Å²) in [5.74, 6) is 0.227. The van der Waals surface area contributed by atoms with Crippen molar-refractivity contribution in [1.29, 1.82) is 0 Å². The van der Waals surface area contributed by atoms with Crippen LogP contribution in [-0.2, 0) is 10.0 Å². The molecule has 0 saturated carbocycles. The summed E-state index contributed by atoms with van der Waals surface area (Å²) in [5.41, 5.74) is 0. The van der Waals surface area contributed by atoms with E-state index in [0.29, 0.717) is 0 Å². The van der Waals surface area contributed by atoms with Gasteiger partial charge in [0.2, 0.25) is 10.0 Å². The Balaban J connectivity index is 3.90. The van der Waals surface area contributed by atoms with Crippen molar-refractivity contribution in [3.8, 4) is 0 Å². The molecule has 0 atom stereocenters. The molecule has 3 nitrogen and oxygen atoms in total. The molecule has 0 saturated heterocycles. The minimum atomic E-state index is -3.01. The molecule has 0 heterocycles. The highest BCUT2D eigenvalue weighted by molar-refractivity contribution is 9.08. The lowest BCUT2D eigenvalue weighted by molar-refractivity contribution is 0.564. The van der Waals surface area contributed by atoms with E-state index < -0.39 is 10.0 Å². The van der Waals surface area contributed by atoms with Crippen LogP contribution in [0.1, 0.15) is 19.8 Å². The first-order valence-corrected chi connectivity index (χ1v) is 5.45. The van der Waals surface area contributed by atoms with Gasteiger partial charge in [0.25, 0.3) is 0 Å². The zero-order valence-corrected chi connectivity index (χ0v) is 8.57. The number of sulfonamides is 1. The first kappa shape index (κ1) is 10.4. The molecule has 0 N–H and O–H groups in total. The molecule has 0 spiro atoms. The van der Waals surface area contributed by atoms with E-state index in [1.54, 1.807) is 0 Å². The summed E-state index contributed by atoms with van der Waals surface area (Å²) in [5, 5.41) is 0. The number of unbranched alkanes of at least 4 members (excludes halogenated alkanes) is 1. The van der Waals surface area contributed by atoms with Crippen molar-refractivity contribution < 1.29 is 8.42 Å². The molecule has 62 valence electrons. The normalized spacial score (nSPS) is 12.4. The fourth-order valence-electron chi connectivity index (χ4n) is 0.453. The molecule has 0 aliphatic carbocycles. The smallest absolute Gasteiger partial charge is 0.211 e. The summed E-state index contributed by atoms with van der Waals surface area (Å²) in [7, 11) is -1.53. The number of hydrogen-bond donors (Lipinski definition) is 0. The van der Waals surface area contributed by atoms with Crippen LogP contribution in [0.5, 0.6) is 0 Å². The first-order chi connectivity index (χ1) is 4.50. The van der Waals surface area contributed by atoms with Crippen LogP contribution in [0, 0.1) is 0 Å². The maximum Gasteiger partial charge on any atom is 0.223 e. The fourth-order valence-corrected chi connectivity index (χ4v) is 1.79. The van der Waals surface area contributed by atoms with Crippen molar-refractivity contribution in [2.75, 3.05) is 12.8 Å². The highest BCUT2D eigenvalue weighted by atomic mass is 79.9. The Morgan fingerprint density at radius 2 is 2.00 bits per heavy atom. The first-order valence-electron chi connectivity index (χ1n) is 3.13. The second-order valence-electron chi connectivity index (χ2n) is 2.06. The highest BCUT2D eigenvalue weighted by Crippen LogP contribution is 2.05. The second-order valence-corrected chi connectivity index (χ2v) is 5.71. The summed E-state index contributed by atoms with van der Waals surface area (Å²) in [6.45, 7) is 1.96. The lowest BCUT2D eigenvalue weighted by Crippen LogP contribution is -2.19. The Hall–Kier alpha value is 0.390. The van der Waals surface area contributed by atoms with Gasteiger partial charge in [-0.2, -0.15) is 0 Å². The van der Waals surface area contributed by atoms with Crippen molar-refractivity contribution in [3.63, 3.8) is 0 Å². The Morgan fingerprint density at radius 1 is 1.50 bits per heavy atom. The number of rotatable bonds is 4. The predicted molar refractivity (Wildman–Crippen MR) is 45.4 cm³/mol. The molecule has 0 fully saturated rings. The van der Waals surface area contributed by atoms with E-state index in [0.717, 1.165) is 16.2 Å². The molecule has 0 unspecified atom stereocenters. The van der Waals surface area contributed by atoms with Gasteiger partial charge in [-0.25, -0.2) is 8.42 Å². The van der Waals surface area contributed by atoms with Crippen LogP contribution in [0.15, 0.2) is 0 Å². The van der Waals surface area contributed by atoms with Crippen LogP contribution in [0.4, 0.5) is 0 Å². The van der Waals surface area contributed by atoms with Gasteiger partial charge >= 0.3 is 0 Å². The van der Waals surface area contributed by atoms with Crippen molar-refractivity contribution in [1.82, 2.24) is 3.33 Å². The SMILES string of the molecule is CCCCS(=O)(=O)N(C)Br. The molecule has 0 amide bonds. The van der Waals surface area contributed by atoms with E-state index >= 15 is 0 Å². The van der Waals surface area contributed by atoms with Crippen LogP contribution >= 0.6 is 16.1 Å². The predicted octanol–water partition coefficient (Wildman–Crippen LogP) is 1.36. The van der Waals surface area contributed by atoms with Crippen LogP contribution in [0.2, 0.25) is 0 Å². The monoisotopic (exact) mass is 229 g/mol. The quantitative estimate of drug-likeness (QED) is 0.684. The third-order valence-corrected chi connectivity index (χ3v) is 4.03. The summed E-state index contributed by atoms with van der Waals surface area (Å²) in [6, 6.07) is 0. The van der Waals surface area contributed by atoms with Gasteiger partial charge in [-0.3, -0.25) is 0 Å². The molecule has 0 aliphatic heterocycles. The maximum absolute atomic E-state index is 11.0. The zero-order valence-electron chi connectivity index (χ0n) is 6.17. The lowest BCUT2D eigenvalue weighted by atomic mass is 10.4. The van der Waals surface area contributed by atoms with Crippen molar-refractivity contribution in [2.24, 2.45) is 0 Å². The Kier molecular flexibility index (Phi) is 4.47. The average molecular weight is 230 g/mol. The van der Waals surface area contributed by atoms with Crippen LogP contribution < -0.4 is 0 Å². The van der Waals surface area contributed by atoms with Crippen LogP contribution in [0.25, 0.3) is 0 Å². The molecular formula is C5H12BrNO2S. The van der Waals surface area contributed by atoms with Gasteiger partial charge in [-0.1, -0.05) is 13.3 Å². The van der Waals surface area contributed by atoms with Crippen molar-refractivity contribution in [3.05, 3.63) is 0 Å². The van der Waals surface area contributed by atoms with E-state index in [1.165, 1.54) is 7.05 Å². The van der Waals surface area contributed by atoms with Crippen LogP contribution in [-0.4, -0.2) is 24.5 Å². The summed E-state index contributed by atoms with van der Waals surface area (Å²) in [6.07, 6.45) is 1.62. The largest absolute Gasteiger partial charge is 0.223 e. The van der Waals surface area contributed by atoms with Crippen molar-refractivity contribution >= 4 is 26.2 Å². The molecule has 0 aliphatic rings. The summed E-state index contributed by atoms with van der Waals surface area (Å²) in [4.78, 5) is 0. The van der Waals surface area contributed by atoms with Gasteiger partial charge in [0.05, 0.1) is 5.75 Å². The number of nitrogens with zero attached hydrogens (tertiary/aromatic N) is 1. The van der Waals surface area contributed by atoms with Gasteiger partial charge in [0.1, 0.15) is 0 Å². The molecular weight excluding hydrogens is 218 g/mol. The maximum atomic E-state index is 11.0. The molecule has 0 radical (unpaired) electrons. The summed E-state index contributed by atoms with van der Waals surface area (Å²) >= 11 is 2.87. The van der Waals surface area contributed by atoms with E-state index in [9.17, 15) is 8.42 Å². The number of hydrogen-bond acceptors (Lipinski definition) is 2. The van der Waals surface area contributed by atoms with Gasteiger partial charge in [0, 0.05) is 23.2 Å². The Bertz CT molecular complexity index is 176. The molecule has 0 rings (SSSR count). The third-order valence-electron chi connectivity index (χ3n) is 1.14. The fraction of sp³-hybridized carbons (Fsp3) is 1.00. The molecule has 10 heavy (non-hydrogen) atoms. The van der Waals surface area contributed by atoms with E-state index in [2.05, 4.69) is 16.1 Å². The van der Waals surface area contributed by atoms with Gasteiger partial charge in [-0.05, 0) is 6.42 Å². The highest BCUT2D eigenvalue weighted by Gasteiger charge is 2.12. The van der Waals surface area contributed by atoms with Gasteiger partial charge < -0.3 is 0 Å². The molecule has 0 aromatic carbocycles. The average Bonchev–Trinajstić information content (AvgIpc) is 1.84. The zero-order chi connectivity index (χ0) is 8.20. The van der Waals surface area contributed by atoms with E-state index in [-0.39, 0.29) is 5.75 Å². The van der Waals surface area contributed by atoms with E-state index in [4.69, 9.17) is 0 Å². The minimum absolute atomic E-state index is 0.227. The van der Waals surface area contributed by atoms with Crippen LogP contribution in [0.3, 0.4) is 0 Å². The Morgan fingerprint density at radius 3 is 2.30 bits per heavy atom. The molecule has 0 aromatic heterocycles. The van der Waals surface area contributed by atoms with Gasteiger partial charge in [-0.15, -0.1) is 3.33 Å². The summed E-state index contributed by atoms with van der Waals surface area (Å²) < 4.78 is 23.0. The molecule has 5 heteroatoms. The second kappa shape index (κ2) is 4.31. The van der Waals surface area contributed by atoms with E-state index in [1.807, 2.05) is 6.92 Å². The Labute approximate surface area is 70.8 Å². The van der Waals surface area contributed by atoms with Gasteiger partial charge in [0.15, 0.2) is 0 Å². The lowest BCUT2D eigenvalue weighted by Gasteiger charge is -2.06. The van der Waals surface area contributed by atoms with Crippen molar-refractivity contribution in [2.45, 2.75) is 19.8 Å².